The number of nitrogens with two attached hydrogens (primary N) is 1. The molecule has 1 unspecified atom stereocenters. The van der Waals surface area contributed by atoms with Crippen molar-refractivity contribution in [3.63, 3.8) is 0 Å². The van der Waals surface area contributed by atoms with Gasteiger partial charge in [-0.25, -0.2) is 5.84 Å². The van der Waals surface area contributed by atoms with Crippen LogP contribution in [0.1, 0.15) is 22.5 Å². The molecule has 1 fully saturated rings. The maximum absolute atomic E-state index is 11.3. The van der Waals surface area contributed by atoms with E-state index in [1.54, 1.807) is 6.07 Å². The Morgan fingerprint density at radius 1 is 1.75 bits per heavy atom. The molecule has 0 radical (unpaired) electrons. The van der Waals surface area contributed by atoms with Gasteiger partial charge in [-0.05, 0) is 12.5 Å². The molecule has 1 aromatic heterocycles. The first kappa shape index (κ1) is 11.1. The number of furan rings is 1. The van der Waals surface area contributed by atoms with Crippen LogP contribution >= 0.6 is 0 Å². The number of amides is 1. The van der Waals surface area contributed by atoms with Gasteiger partial charge >= 0.3 is 5.91 Å². The summed E-state index contributed by atoms with van der Waals surface area (Å²) in [5, 5.41) is 9.39. The lowest BCUT2D eigenvalue weighted by molar-refractivity contribution is 0.0923. The molecule has 0 spiro atoms. The molecule has 2 rings (SSSR count). The quantitative estimate of drug-likeness (QED) is 0.365. The maximum Gasteiger partial charge on any atom is 0.301 e. The molecule has 1 saturated heterocycles. The summed E-state index contributed by atoms with van der Waals surface area (Å²) >= 11 is 0. The van der Waals surface area contributed by atoms with E-state index in [1.165, 1.54) is 6.26 Å². The lowest BCUT2D eigenvalue weighted by Gasteiger charge is -2.13. The number of likely N-dealkylation sites (tertiary alicyclic amines) is 1. The number of nitrogens with one attached hydrogen (secondary N) is 1. The van der Waals surface area contributed by atoms with Gasteiger partial charge in [0.2, 0.25) is 0 Å². The second-order valence-electron chi connectivity index (χ2n) is 3.93. The number of hydrogen-bond acceptors (Lipinski definition) is 5. The van der Waals surface area contributed by atoms with Crippen LogP contribution in [0.3, 0.4) is 0 Å². The Morgan fingerprint density at radius 3 is 3.19 bits per heavy atom. The van der Waals surface area contributed by atoms with E-state index in [4.69, 9.17) is 10.3 Å². The molecule has 1 atom stereocenters. The monoisotopic (exact) mass is 225 g/mol. The smallest absolute Gasteiger partial charge is 0.301 e. The van der Waals surface area contributed by atoms with E-state index < -0.39 is 5.91 Å². The zero-order valence-electron chi connectivity index (χ0n) is 8.85. The normalized spacial score (nSPS) is 21.2. The van der Waals surface area contributed by atoms with Crippen LogP contribution in [-0.2, 0) is 6.54 Å². The average Bonchev–Trinajstić information content (AvgIpc) is 2.87. The van der Waals surface area contributed by atoms with Gasteiger partial charge in [-0.15, -0.1) is 0 Å². The lowest BCUT2D eigenvalue weighted by Crippen LogP contribution is -2.31. The Balaban J connectivity index is 2.04. The Bertz CT molecular complexity index is 377. The van der Waals surface area contributed by atoms with E-state index in [2.05, 4.69) is 4.90 Å². The fraction of sp³-hybridized carbons (Fsp3) is 0.500. The number of carbonyl (C=O) groups is 1. The van der Waals surface area contributed by atoms with Gasteiger partial charge in [0.05, 0.1) is 12.4 Å². The van der Waals surface area contributed by atoms with E-state index in [0.717, 1.165) is 18.5 Å². The van der Waals surface area contributed by atoms with Crippen LogP contribution < -0.4 is 11.3 Å². The highest BCUT2D eigenvalue weighted by Gasteiger charge is 2.23. The first-order valence-corrected chi connectivity index (χ1v) is 5.18. The summed E-state index contributed by atoms with van der Waals surface area (Å²) in [6.07, 6.45) is 1.97. The molecule has 6 heteroatoms. The number of nitrogen functional groups attached to an aromatic ring is 1. The Morgan fingerprint density at radius 2 is 2.56 bits per heavy atom. The second kappa shape index (κ2) is 4.65. The largest absolute Gasteiger partial charge is 0.459 e. The summed E-state index contributed by atoms with van der Waals surface area (Å²) in [6.45, 7) is 2.06. The van der Waals surface area contributed by atoms with Gasteiger partial charge in [-0.1, -0.05) is 0 Å². The third-order valence-corrected chi connectivity index (χ3v) is 2.73. The fourth-order valence-corrected chi connectivity index (χ4v) is 1.92. The summed E-state index contributed by atoms with van der Waals surface area (Å²) in [6, 6.07) is 1.75. The van der Waals surface area contributed by atoms with Crippen molar-refractivity contribution in [2.45, 2.75) is 19.1 Å². The van der Waals surface area contributed by atoms with Crippen LogP contribution in [0.4, 0.5) is 0 Å². The van der Waals surface area contributed by atoms with Gasteiger partial charge in [0.25, 0.3) is 0 Å². The molecule has 1 aliphatic heterocycles. The lowest BCUT2D eigenvalue weighted by atomic mass is 10.2. The number of β-amino-alcohol motifs (C(OH)–C–C–N with tert-alkyl or cyclic N) is 1. The van der Waals surface area contributed by atoms with Crippen LogP contribution in [0.15, 0.2) is 16.7 Å². The number of hydrazine groups is 1. The predicted octanol–water partition coefficient (Wildman–Crippen LogP) is -0.550. The molecular weight excluding hydrogens is 210 g/mol. The van der Waals surface area contributed by atoms with Crippen molar-refractivity contribution < 1.29 is 14.3 Å². The fourth-order valence-electron chi connectivity index (χ4n) is 1.92. The van der Waals surface area contributed by atoms with E-state index in [0.29, 0.717) is 13.1 Å². The van der Waals surface area contributed by atoms with Gasteiger partial charge in [0.1, 0.15) is 0 Å². The SMILES string of the molecule is NNC(=O)c1occc1CN1CCC(O)C1. The highest BCUT2D eigenvalue weighted by Crippen LogP contribution is 2.17. The van der Waals surface area contributed by atoms with Gasteiger partial charge in [0, 0.05) is 25.2 Å². The third kappa shape index (κ3) is 2.24. The zero-order chi connectivity index (χ0) is 11.5. The Hall–Kier alpha value is -1.37. The zero-order valence-corrected chi connectivity index (χ0v) is 8.85. The molecule has 1 amide bonds. The van der Waals surface area contributed by atoms with Crippen LogP contribution in [0.25, 0.3) is 0 Å². The van der Waals surface area contributed by atoms with Crippen LogP contribution in [0.5, 0.6) is 0 Å². The van der Waals surface area contributed by atoms with E-state index >= 15 is 0 Å². The van der Waals surface area contributed by atoms with Gasteiger partial charge in [-0.3, -0.25) is 15.1 Å². The molecule has 2 heterocycles. The van der Waals surface area contributed by atoms with Crippen LogP contribution in [-0.4, -0.2) is 35.1 Å². The summed E-state index contributed by atoms with van der Waals surface area (Å²) in [4.78, 5) is 13.4. The molecule has 0 aromatic carbocycles. The van der Waals surface area contributed by atoms with E-state index in [-0.39, 0.29) is 11.9 Å². The van der Waals surface area contributed by atoms with Gasteiger partial charge < -0.3 is 9.52 Å². The molecule has 0 bridgehead atoms. The number of aliphatic hydroxyl groups excluding tert-OH is 1. The highest BCUT2D eigenvalue weighted by atomic mass is 16.3. The van der Waals surface area contributed by atoms with Crippen molar-refractivity contribution in [2.75, 3.05) is 13.1 Å². The summed E-state index contributed by atoms with van der Waals surface area (Å²) in [7, 11) is 0. The van der Waals surface area contributed by atoms with Crippen molar-refractivity contribution in [1.29, 1.82) is 0 Å². The first-order chi connectivity index (χ1) is 7.70. The van der Waals surface area contributed by atoms with Gasteiger partial charge in [0.15, 0.2) is 5.76 Å². The molecule has 4 N–H and O–H groups in total. The Labute approximate surface area is 93.0 Å². The summed E-state index contributed by atoms with van der Waals surface area (Å²) in [5.74, 6) is 4.86. The van der Waals surface area contributed by atoms with Gasteiger partial charge in [-0.2, -0.15) is 0 Å². The topological polar surface area (TPSA) is 91.7 Å². The number of carbonyl (C=O) groups excluding carboxylic acids is 1. The van der Waals surface area contributed by atoms with Crippen LogP contribution in [0.2, 0.25) is 0 Å². The molecule has 88 valence electrons. The van der Waals surface area contributed by atoms with Crippen molar-refractivity contribution >= 4 is 5.91 Å². The Kier molecular flexibility index (Phi) is 3.23. The predicted molar refractivity (Wildman–Crippen MR) is 56.3 cm³/mol. The highest BCUT2D eigenvalue weighted by molar-refractivity contribution is 5.92. The number of hydrogen-bond donors (Lipinski definition) is 3. The molecule has 0 aliphatic carbocycles. The van der Waals surface area contributed by atoms with Crippen molar-refractivity contribution in [2.24, 2.45) is 5.84 Å². The maximum atomic E-state index is 11.3. The first-order valence-electron chi connectivity index (χ1n) is 5.18. The molecule has 16 heavy (non-hydrogen) atoms. The third-order valence-electron chi connectivity index (χ3n) is 2.73. The van der Waals surface area contributed by atoms with E-state index in [1.807, 2.05) is 5.43 Å². The van der Waals surface area contributed by atoms with Crippen molar-refractivity contribution in [3.05, 3.63) is 23.7 Å². The summed E-state index contributed by atoms with van der Waals surface area (Å²) < 4.78 is 5.07. The number of rotatable bonds is 3. The average molecular weight is 225 g/mol. The minimum Gasteiger partial charge on any atom is -0.459 e. The van der Waals surface area contributed by atoms with Crippen molar-refractivity contribution in [3.8, 4) is 0 Å². The minimum atomic E-state index is -0.431. The van der Waals surface area contributed by atoms with E-state index in [9.17, 15) is 9.90 Å². The molecule has 0 saturated carbocycles. The van der Waals surface area contributed by atoms with Crippen molar-refractivity contribution in [1.82, 2.24) is 10.3 Å². The number of nitrogens with zero attached hydrogens (tertiary/aromatic N) is 1. The summed E-state index contributed by atoms with van der Waals surface area (Å²) in [5.41, 5.74) is 2.83. The number of aliphatic hydroxyl groups is 1. The molecular formula is C10H15N3O3. The minimum absolute atomic E-state index is 0.240. The molecule has 1 aliphatic rings. The molecule has 6 nitrogen and oxygen atoms in total. The van der Waals surface area contributed by atoms with Crippen LogP contribution in [0, 0.1) is 0 Å². The molecule has 1 aromatic rings. The second-order valence-corrected chi connectivity index (χ2v) is 3.93. The standard InChI is InChI=1S/C10H15N3O3/c11-12-10(15)9-7(2-4-16-9)5-13-3-1-8(14)6-13/h2,4,8,14H,1,3,5-6,11H2,(H,12,15).